The molecule has 3 rings (SSSR count). The van der Waals surface area contributed by atoms with Crippen LogP contribution in [0.25, 0.3) is 5.69 Å². The number of nitrogens with one attached hydrogen (secondary N) is 1. The first-order chi connectivity index (χ1) is 11.8. The second-order valence-electron chi connectivity index (χ2n) is 5.58. The number of benzene rings is 2. The van der Waals surface area contributed by atoms with E-state index in [9.17, 15) is 9.50 Å². The molecule has 4 nitrogen and oxygen atoms in total. The van der Waals surface area contributed by atoms with Crippen molar-refractivity contribution >= 4 is 0 Å². The van der Waals surface area contributed by atoms with Gasteiger partial charge in [0.2, 0.25) is 0 Å². The summed E-state index contributed by atoms with van der Waals surface area (Å²) in [7, 11) is 0. The van der Waals surface area contributed by atoms with Gasteiger partial charge >= 0.3 is 0 Å². The molecule has 1 heterocycles. The predicted molar refractivity (Wildman–Crippen MR) is 91.2 cm³/mol. The van der Waals surface area contributed by atoms with Crippen LogP contribution in [0.15, 0.2) is 66.9 Å². The lowest BCUT2D eigenvalue weighted by Gasteiger charge is -2.17. The molecule has 2 N–H and O–H groups in total. The second-order valence-corrected chi connectivity index (χ2v) is 5.58. The minimum Gasteiger partial charge on any atom is -0.396 e. The minimum atomic E-state index is -0.262. The third-order valence-electron chi connectivity index (χ3n) is 3.88. The number of hydrogen-bond donors (Lipinski definition) is 2. The Morgan fingerprint density at radius 3 is 2.50 bits per heavy atom. The van der Waals surface area contributed by atoms with Crippen LogP contribution >= 0.6 is 0 Å². The van der Waals surface area contributed by atoms with Crippen LogP contribution < -0.4 is 5.32 Å². The minimum absolute atomic E-state index is 0.0761. The molecule has 0 radical (unpaired) electrons. The van der Waals surface area contributed by atoms with E-state index in [2.05, 4.69) is 10.4 Å². The predicted octanol–water partition coefficient (Wildman–Crippen LogP) is 3.22. The van der Waals surface area contributed by atoms with Gasteiger partial charge in [0, 0.05) is 25.4 Å². The summed E-state index contributed by atoms with van der Waals surface area (Å²) in [5.74, 6) is -0.262. The molecule has 1 unspecified atom stereocenters. The van der Waals surface area contributed by atoms with Gasteiger partial charge in [-0.15, -0.1) is 0 Å². The Balaban J connectivity index is 1.66. The molecule has 1 atom stereocenters. The molecule has 0 bridgehead atoms. The zero-order chi connectivity index (χ0) is 16.8. The van der Waals surface area contributed by atoms with E-state index in [1.807, 2.05) is 42.6 Å². The van der Waals surface area contributed by atoms with Crippen LogP contribution in [0.3, 0.4) is 0 Å². The molecule has 1 aromatic heterocycles. The zero-order valence-electron chi connectivity index (χ0n) is 13.3. The normalized spacial score (nSPS) is 12.2. The van der Waals surface area contributed by atoms with Gasteiger partial charge in [-0.3, -0.25) is 0 Å². The molecule has 5 heteroatoms. The van der Waals surface area contributed by atoms with Crippen molar-refractivity contribution in [2.24, 2.45) is 0 Å². The van der Waals surface area contributed by atoms with E-state index < -0.39 is 0 Å². The first kappa shape index (κ1) is 16.4. The number of nitrogens with zero attached hydrogens (tertiary/aromatic N) is 2. The summed E-state index contributed by atoms with van der Waals surface area (Å²) in [4.78, 5) is 0. The summed E-state index contributed by atoms with van der Waals surface area (Å²) in [6.07, 6.45) is 2.50. The van der Waals surface area contributed by atoms with Gasteiger partial charge < -0.3 is 10.4 Å². The molecular weight excluding hydrogens is 305 g/mol. The van der Waals surface area contributed by atoms with Crippen molar-refractivity contribution in [3.8, 4) is 5.69 Å². The summed E-state index contributed by atoms with van der Waals surface area (Å²) in [5.41, 5.74) is 2.85. The van der Waals surface area contributed by atoms with Crippen molar-refractivity contribution < 1.29 is 9.50 Å². The van der Waals surface area contributed by atoms with Crippen LogP contribution in [0.2, 0.25) is 0 Å². The lowest BCUT2D eigenvalue weighted by Crippen LogP contribution is -2.22. The smallest absolute Gasteiger partial charge is 0.123 e. The average Bonchev–Trinajstić information content (AvgIpc) is 3.09. The Kier molecular flexibility index (Phi) is 5.36. The van der Waals surface area contributed by atoms with Crippen molar-refractivity contribution in [1.29, 1.82) is 0 Å². The average molecular weight is 325 g/mol. The summed E-state index contributed by atoms with van der Waals surface area (Å²) in [6, 6.07) is 18.3. The Bertz CT molecular complexity index is 756. The molecule has 124 valence electrons. The fourth-order valence-corrected chi connectivity index (χ4v) is 2.62. The first-order valence-corrected chi connectivity index (χ1v) is 7.96. The number of hydrogen-bond acceptors (Lipinski definition) is 3. The first-order valence-electron chi connectivity index (χ1n) is 7.96. The van der Waals surface area contributed by atoms with Gasteiger partial charge in [0.15, 0.2) is 0 Å². The van der Waals surface area contributed by atoms with Crippen molar-refractivity contribution in [2.45, 2.75) is 19.0 Å². The molecule has 0 saturated heterocycles. The van der Waals surface area contributed by atoms with Crippen molar-refractivity contribution in [3.05, 3.63) is 83.9 Å². The number of aliphatic hydroxyl groups excluding tert-OH is 1. The molecule has 0 amide bonds. The Morgan fingerprint density at radius 1 is 1.04 bits per heavy atom. The van der Waals surface area contributed by atoms with Gasteiger partial charge in [0.25, 0.3) is 0 Å². The standard InChI is InChI=1S/C19H20FN3O/c20-16-6-8-18(9-7-16)23-12-10-17(22-23)14-21-19(11-13-24)15-4-2-1-3-5-15/h1-10,12,19,21,24H,11,13-14H2. The quantitative estimate of drug-likeness (QED) is 0.701. The third kappa shape index (κ3) is 4.07. The molecule has 24 heavy (non-hydrogen) atoms. The monoisotopic (exact) mass is 325 g/mol. The highest BCUT2D eigenvalue weighted by molar-refractivity contribution is 5.31. The van der Waals surface area contributed by atoms with E-state index in [1.165, 1.54) is 12.1 Å². The summed E-state index contributed by atoms with van der Waals surface area (Å²) in [6.45, 7) is 0.713. The lowest BCUT2D eigenvalue weighted by molar-refractivity contribution is 0.265. The number of rotatable bonds is 7. The molecule has 0 spiro atoms. The lowest BCUT2D eigenvalue weighted by atomic mass is 10.0. The van der Waals surface area contributed by atoms with Crippen LogP contribution in [0.1, 0.15) is 23.7 Å². The van der Waals surface area contributed by atoms with Gasteiger partial charge in [0.1, 0.15) is 5.82 Å². The number of halogens is 1. The van der Waals surface area contributed by atoms with E-state index in [-0.39, 0.29) is 18.5 Å². The maximum Gasteiger partial charge on any atom is 0.123 e. The fraction of sp³-hybridized carbons (Fsp3) is 0.211. The molecule has 0 saturated carbocycles. The van der Waals surface area contributed by atoms with E-state index >= 15 is 0 Å². The molecule has 2 aromatic carbocycles. The van der Waals surface area contributed by atoms with E-state index in [0.29, 0.717) is 13.0 Å². The van der Waals surface area contributed by atoms with Gasteiger partial charge in [-0.2, -0.15) is 5.10 Å². The van der Waals surface area contributed by atoms with Crippen LogP contribution in [0, 0.1) is 5.82 Å². The molecule has 0 aliphatic heterocycles. The number of aliphatic hydroxyl groups is 1. The highest BCUT2D eigenvalue weighted by Gasteiger charge is 2.11. The van der Waals surface area contributed by atoms with Crippen LogP contribution in [0.4, 0.5) is 4.39 Å². The van der Waals surface area contributed by atoms with Gasteiger partial charge in [-0.1, -0.05) is 30.3 Å². The summed E-state index contributed by atoms with van der Waals surface area (Å²) in [5, 5.41) is 17.2. The molecule has 0 aliphatic carbocycles. The topological polar surface area (TPSA) is 50.1 Å². The maximum atomic E-state index is 13.0. The SMILES string of the molecule is OCCC(NCc1ccn(-c2ccc(F)cc2)n1)c1ccccc1. The Labute approximate surface area is 140 Å². The van der Waals surface area contributed by atoms with Crippen molar-refractivity contribution in [1.82, 2.24) is 15.1 Å². The maximum absolute atomic E-state index is 13.0. The van der Waals surface area contributed by atoms with E-state index in [4.69, 9.17) is 0 Å². The van der Waals surface area contributed by atoms with E-state index in [0.717, 1.165) is 16.9 Å². The largest absolute Gasteiger partial charge is 0.396 e. The van der Waals surface area contributed by atoms with Gasteiger partial charge in [-0.05, 0) is 42.3 Å². The van der Waals surface area contributed by atoms with Crippen LogP contribution in [-0.2, 0) is 6.54 Å². The van der Waals surface area contributed by atoms with Gasteiger partial charge in [-0.25, -0.2) is 9.07 Å². The fourth-order valence-electron chi connectivity index (χ4n) is 2.62. The Morgan fingerprint density at radius 2 is 1.79 bits per heavy atom. The summed E-state index contributed by atoms with van der Waals surface area (Å²) < 4.78 is 14.7. The van der Waals surface area contributed by atoms with Crippen LogP contribution in [-0.4, -0.2) is 21.5 Å². The molecule has 0 aliphatic rings. The highest BCUT2D eigenvalue weighted by Crippen LogP contribution is 2.17. The van der Waals surface area contributed by atoms with Gasteiger partial charge in [0.05, 0.1) is 11.4 Å². The van der Waals surface area contributed by atoms with E-state index in [1.54, 1.807) is 16.8 Å². The second kappa shape index (κ2) is 7.86. The zero-order valence-corrected chi connectivity index (χ0v) is 13.3. The Hall–Kier alpha value is -2.50. The highest BCUT2D eigenvalue weighted by atomic mass is 19.1. The van der Waals surface area contributed by atoms with Crippen molar-refractivity contribution in [3.63, 3.8) is 0 Å². The van der Waals surface area contributed by atoms with Crippen molar-refractivity contribution in [2.75, 3.05) is 6.61 Å². The van der Waals surface area contributed by atoms with Crippen LogP contribution in [0.5, 0.6) is 0 Å². The third-order valence-corrected chi connectivity index (χ3v) is 3.88. The molecular formula is C19H20FN3O. The number of aromatic nitrogens is 2. The molecule has 3 aromatic rings. The molecule has 0 fully saturated rings. The summed E-state index contributed by atoms with van der Waals surface area (Å²) >= 11 is 0.